The standard InChI is InChI=1S/C51H35N3/c1-5-14-36(15-6-1)39-24-30-42(31-25-39)46-22-13-23-47(48(46)43-32-26-40(27-33-43)37-16-7-2-8-17-37)51-53-49(44-20-11-4-12-21-44)52-50(54-51)45-34-28-41(29-35-45)38-18-9-3-10-19-38/h1-35H. The van der Waals surface area contributed by atoms with Crippen molar-refractivity contribution in [2.24, 2.45) is 0 Å². The van der Waals surface area contributed by atoms with Crippen LogP contribution in [0.15, 0.2) is 212 Å². The summed E-state index contributed by atoms with van der Waals surface area (Å²) in [5.41, 5.74) is 14.2. The van der Waals surface area contributed by atoms with Crippen molar-refractivity contribution in [3.05, 3.63) is 212 Å². The van der Waals surface area contributed by atoms with Crippen LogP contribution in [0.4, 0.5) is 0 Å². The molecule has 0 saturated carbocycles. The van der Waals surface area contributed by atoms with Gasteiger partial charge in [-0.3, -0.25) is 0 Å². The molecule has 0 radical (unpaired) electrons. The van der Waals surface area contributed by atoms with E-state index in [2.05, 4.69) is 176 Å². The van der Waals surface area contributed by atoms with Crippen LogP contribution in [0.25, 0.3) is 89.8 Å². The van der Waals surface area contributed by atoms with Gasteiger partial charge in [0.25, 0.3) is 0 Å². The molecule has 9 rings (SSSR count). The second-order valence-electron chi connectivity index (χ2n) is 13.2. The molecule has 1 heterocycles. The lowest BCUT2D eigenvalue weighted by atomic mass is 9.88. The van der Waals surface area contributed by atoms with E-state index >= 15 is 0 Å². The monoisotopic (exact) mass is 689 g/mol. The summed E-state index contributed by atoms with van der Waals surface area (Å²) in [7, 11) is 0. The van der Waals surface area contributed by atoms with Gasteiger partial charge in [-0.05, 0) is 50.1 Å². The molecule has 0 amide bonds. The zero-order chi connectivity index (χ0) is 36.1. The van der Waals surface area contributed by atoms with Crippen LogP contribution in [-0.2, 0) is 0 Å². The SMILES string of the molecule is c1ccc(-c2ccc(-c3nc(-c4ccccc4)nc(-c4cccc(-c5ccc(-c6ccccc6)cc5)c4-c4ccc(-c5ccccc5)cc4)n3)cc2)cc1. The lowest BCUT2D eigenvalue weighted by Crippen LogP contribution is -2.02. The van der Waals surface area contributed by atoms with E-state index in [9.17, 15) is 0 Å². The van der Waals surface area contributed by atoms with Gasteiger partial charge >= 0.3 is 0 Å². The van der Waals surface area contributed by atoms with Crippen LogP contribution < -0.4 is 0 Å². The summed E-state index contributed by atoms with van der Waals surface area (Å²) in [5, 5.41) is 0. The third kappa shape index (κ3) is 6.74. The van der Waals surface area contributed by atoms with Gasteiger partial charge in [0.1, 0.15) is 0 Å². The number of rotatable bonds is 8. The first-order valence-corrected chi connectivity index (χ1v) is 18.2. The maximum absolute atomic E-state index is 5.22. The van der Waals surface area contributed by atoms with E-state index in [1.807, 2.05) is 36.4 Å². The molecule has 0 N–H and O–H groups in total. The van der Waals surface area contributed by atoms with E-state index in [1.165, 1.54) is 27.8 Å². The predicted molar refractivity (Wildman–Crippen MR) is 223 cm³/mol. The fourth-order valence-corrected chi connectivity index (χ4v) is 7.01. The molecule has 0 aliphatic carbocycles. The second-order valence-corrected chi connectivity index (χ2v) is 13.2. The summed E-state index contributed by atoms with van der Waals surface area (Å²) >= 11 is 0. The van der Waals surface area contributed by atoms with Crippen molar-refractivity contribution in [1.29, 1.82) is 0 Å². The lowest BCUT2D eigenvalue weighted by Gasteiger charge is -2.17. The Morgan fingerprint density at radius 2 is 0.481 bits per heavy atom. The molecular weight excluding hydrogens is 655 g/mol. The third-order valence-electron chi connectivity index (χ3n) is 9.81. The second kappa shape index (κ2) is 14.8. The van der Waals surface area contributed by atoms with Crippen LogP contribution in [-0.4, -0.2) is 15.0 Å². The number of hydrogen-bond acceptors (Lipinski definition) is 3. The fourth-order valence-electron chi connectivity index (χ4n) is 7.01. The van der Waals surface area contributed by atoms with Gasteiger partial charge in [-0.1, -0.05) is 212 Å². The zero-order valence-corrected chi connectivity index (χ0v) is 29.5. The number of aromatic nitrogens is 3. The average molecular weight is 690 g/mol. The first kappa shape index (κ1) is 32.7. The maximum Gasteiger partial charge on any atom is 0.164 e. The van der Waals surface area contributed by atoms with Crippen molar-refractivity contribution in [3.63, 3.8) is 0 Å². The predicted octanol–water partition coefficient (Wildman–Crippen LogP) is 13.2. The van der Waals surface area contributed by atoms with E-state index in [0.717, 1.165) is 44.5 Å². The van der Waals surface area contributed by atoms with Gasteiger partial charge in [0.05, 0.1) is 0 Å². The average Bonchev–Trinajstić information content (AvgIpc) is 3.27. The highest BCUT2D eigenvalue weighted by molar-refractivity contribution is 5.94. The quantitative estimate of drug-likeness (QED) is 0.159. The van der Waals surface area contributed by atoms with E-state index in [-0.39, 0.29) is 0 Å². The molecule has 9 aromatic rings. The Balaban J connectivity index is 1.21. The van der Waals surface area contributed by atoms with Crippen LogP contribution in [0, 0.1) is 0 Å². The molecule has 8 aromatic carbocycles. The highest BCUT2D eigenvalue weighted by Crippen LogP contribution is 2.41. The Morgan fingerprint density at radius 1 is 0.185 bits per heavy atom. The van der Waals surface area contributed by atoms with Crippen LogP contribution in [0.1, 0.15) is 0 Å². The minimum atomic E-state index is 0.621. The van der Waals surface area contributed by atoms with E-state index in [0.29, 0.717) is 17.5 Å². The normalized spacial score (nSPS) is 11.0. The first-order chi connectivity index (χ1) is 26.8. The Kier molecular flexibility index (Phi) is 8.94. The molecule has 1 aromatic heterocycles. The molecule has 0 aliphatic rings. The molecular formula is C51H35N3. The molecule has 0 fully saturated rings. The molecule has 54 heavy (non-hydrogen) atoms. The Morgan fingerprint density at radius 3 is 0.926 bits per heavy atom. The van der Waals surface area contributed by atoms with Crippen LogP contribution in [0.3, 0.4) is 0 Å². The molecule has 0 atom stereocenters. The summed E-state index contributed by atoms with van der Waals surface area (Å²) in [6.45, 7) is 0. The first-order valence-electron chi connectivity index (χ1n) is 18.2. The molecule has 0 spiro atoms. The zero-order valence-electron chi connectivity index (χ0n) is 29.5. The lowest BCUT2D eigenvalue weighted by molar-refractivity contribution is 1.07. The fraction of sp³-hybridized carbons (Fsp3) is 0. The van der Waals surface area contributed by atoms with Gasteiger partial charge < -0.3 is 0 Å². The molecule has 0 bridgehead atoms. The number of nitrogens with zero attached hydrogens (tertiary/aromatic N) is 3. The van der Waals surface area contributed by atoms with E-state index in [4.69, 9.17) is 15.0 Å². The van der Waals surface area contributed by atoms with Gasteiger partial charge in [0, 0.05) is 22.3 Å². The molecule has 0 unspecified atom stereocenters. The van der Waals surface area contributed by atoms with Gasteiger partial charge in [-0.15, -0.1) is 0 Å². The summed E-state index contributed by atoms with van der Waals surface area (Å²) in [6.07, 6.45) is 0. The van der Waals surface area contributed by atoms with Gasteiger partial charge in [0.2, 0.25) is 0 Å². The molecule has 3 heteroatoms. The Hall–Kier alpha value is -7.23. The smallest absolute Gasteiger partial charge is 0.164 e. The van der Waals surface area contributed by atoms with Crippen LogP contribution >= 0.6 is 0 Å². The summed E-state index contributed by atoms with van der Waals surface area (Å²) in [4.78, 5) is 15.4. The van der Waals surface area contributed by atoms with Crippen molar-refractivity contribution in [3.8, 4) is 89.8 Å². The third-order valence-corrected chi connectivity index (χ3v) is 9.81. The molecule has 254 valence electrons. The number of hydrogen-bond donors (Lipinski definition) is 0. The van der Waals surface area contributed by atoms with Crippen molar-refractivity contribution in [2.45, 2.75) is 0 Å². The largest absolute Gasteiger partial charge is 0.208 e. The number of benzene rings is 8. The summed E-state index contributed by atoms with van der Waals surface area (Å²) in [5.74, 6) is 1.88. The molecule has 0 saturated heterocycles. The minimum absolute atomic E-state index is 0.621. The van der Waals surface area contributed by atoms with Gasteiger partial charge in [-0.2, -0.15) is 0 Å². The Labute approximate surface area is 316 Å². The van der Waals surface area contributed by atoms with Crippen molar-refractivity contribution in [2.75, 3.05) is 0 Å². The van der Waals surface area contributed by atoms with Crippen molar-refractivity contribution < 1.29 is 0 Å². The summed E-state index contributed by atoms with van der Waals surface area (Å²) in [6, 6.07) is 74.1. The van der Waals surface area contributed by atoms with Crippen LogP contribution in [0.5, 0.6) is 0 Å². The minimum Gasteiger partial charge on any atom is -0.208 e. The van der Waals surface area contributed by atoms with E-state index in [1.54, 1.807) is 0 Å². The van der Waals surface area contributed by atoms with E-state index < -0.39 is 0 Å². The highest BCUT2D eigenvalue weighted by atomic mass is 15.0. The summed E-state index contributed by atoms with van der Waals surface area (Å²) < 4.78 is 0. The van der Waals surface area contributed by atoms with Crippen LogP contribution in [0.2, 0.25) is 0 Å². The van der Waals surface area contributed by atoms with Gasteiger partial charge in [0.15, 0.2) is 17.5 Å². The highest BCUT2D eigenvalue weighted by Gasteiger charge is 2.19. The maximum atomic E-state index is 5.22. The molecule has 0 aliphatic heterocycles. The molecule has 3 nitrogen and oxygen atoms in total. The Bertz CT molecular complexity index is 2640. The van der Waals surface area contributed by atoms with Crippen molar-refractivity contribution >= 4 is 0 Å². The van der Waals surface area contributed by atoms with Gasteiger partial charge in [-0.25, -0.2) is 15.0 Å². The van der Waals surface area contributed by atoms with Crippen molar-refractivity contribution in [1.82, 2.24) is 15.0 Å². The topological polar surface area (TPSA) is 38.7 Å².